The van der Waals surface area contributed by atoms with Crippen LogP contribution in [0.2, 0.25) is 0 Å². The summed E-state index contributed by atoms with van der Waals surface area (Å²) in [4.78, 5) is 0. The summed E-state index contributed by atoms with van der Waals surface area (Å²) in [7, 11) is 0.839. The fourth-order valence-electron chi connectivity index (χ4n) is 2.22. The zero-order valence-corrected chi connectivity index (χ0v) is 13.5. The van der Waals surface area contributed by atoms with Crippen LogP contribution in [0.5, 0.6) is 5.75 Å². The third kappa shape index (κ3) is 4.58. The molecule has 1 aromatic rings. The van der Waals surface area contributed by atoms with E-state index in [1.807, 2.05) is 18.2 Å². The number of ether oxygens (including phenoxy) is 2. The summed E-state index contributed by atoms with van der Waals surface area (Å²) in [5.41, 5.74) is 1.08. The lowest BCUT2D eigenvalue weighted by atomic mass is 10.0. The number of hydrogen-bond acceptors (Lipinski definition) is 3. The number of hydrogen-bond donors (Lipinski definition) is 0. The van der Waals surface area contributed by atoms with Gasteiger partial charge in [0.15, 0.2) is 0 Å². The Morgan fingerprint density at radius 3 is 2.79 bits per heavy atom. The Balaban J connectivity index is 1.89. The molecule has 0 aromatic heterocycles. The normalized spacial score (nSPS) is 18.2. The highest BCUT2D eigenvalue weighted by Crippen LogP contribution is 2.26. The van der Waals surface area contributed by atoms with Crippen LogP contribution < -0.4 is 4.74 Å². The Labute approximate surface area is 125 Å². The van der Waals surface area contributed by atoms with Crippen molar-refractivity contribution in [1.82, 2.24) is 0 Å². The molecule has 0 bridgehead atoms. The van der Waals surface area contributed by atoms with E-state index in [0.717, 1.165) is 47.6 Å². The van der Waals surface area contributed by atoms with Gasteiger partial charge in [-0.05, 0) is 52.4 Å². The maximum atomic E-state index is 12.2. The standard InChI is InChI=1S/C14H19BrO3S/c1-17-14-3-2-12(8-13(14)15)10-19(16)9-11-4-6-18-7-5-11/h2-3,8,11H,4-7,9-10H2,1H3/t19-/m0/s1. The molecule has 0 saturated carbocycles. The molecule has 1 atom stereocenters. The molecule has 1 saturated heterocycles. The second-order valence-electron chi connectivity index (χ2n) is 4.78. The SMILES string of the molecule is COc1ccc(C[S@@](=O)CC2CCOCC2)cc1Br. The van der Waals surface area contributed by atoms with Gasteiger partial charge < -0.3 is 9.47 Å². The molecule has 0 unspecified atom stereocenters. The van der Waals surface area contributed by atoms with E-state index in [-0.39, 0.29) is 0 Å². The highest BCUT2D eigenvalue weighted by molar-refractivity contribution is 9.10. The van der Waals surface area contributed by atoms with Gasteiger partial charge in [-0.1, -0.05) is 6.07 Å². The summed E-state index contributed by atoms with van der Waals surface area (Å²) < 4.78 is 23.6. The lowest BCUT2D eigenvalue weighted by molar-refractivity contribution is 0.0725. The van der Waals surface area contributed by atoms with Crippen molar-refractivity contribution in [2.24, 2.45) is 5.92 Å². The van der Waals surface area contributed by atoms with Crippen LogP contribution in [0.15, 0.2) is 22.7 Å². The average Bonchev–Trinajstić information content (AvgIpc) is 2.40. The van der Waals surface area contributed by atoms with E-state index in [1.54, 1.807) is 7.11 Å². The van der Waals surface area contributed by atoms with Crippen molar-refractivity contribution in [2.45, 2.75) is 18.6 Å². The summed E-state index contributed by atoms with van der Waals surface area (Å²) in [5.74, 6) is 2.75. The molecule has 1 fully saturated rings. The summed E-state index contributed by atoms with van der Waals surface area (Å²) in [6.45, 7) is 1.63. The van der Waals surface area contributed by atoms with Crippen LogP contribution in [0.3, 0.4) is 0 Å². The van der Waals surface area contributed by atoms with Gasteiger partial charge in [-0.3, -0.25) is 4.21 Å². The maximum Gasteiger partial charge on any atom is 0.133 e. The van der Waals surface area contributed by atoms with Crippen molar-refractivity contribution >= 4 is 26.7 Å². The first-order valence-corrected chi connectivity index (χ1v) is 8.72. The zero-order chi connectivity index (χ0) is 13.7. The summed E-state index contributed by atoms with van der Waals surface area (Å²) in [6.07, 6.45) is 2.08. The van der Waals surface area contributed by atoms with Crippen molar-refractivity contribution in [3.05, 3.63) is 28.2 Å². The lowest BCUT2D eigenvalue weighted by Crippen LogP contribution is -2.21. The first-order valence-electron chi connectivity index (χ1n) is 6.44. The van der Waals surface area contributed by atoms with Gasteiger partial charge in [-0.15, -0.1) is 0 Å². The number of benzene rings is 1. The van der Waals surface area contributed by atoms with Gasteiger partial charge in [0.05, 0.1) is 11.6 Å². The minimum absolute atomic E-state index is 0.552. The van der Waals surface area contributed by atoms with E-state index in [1.165, 1.54) is 0 Å². The summed E-state index contributed by atoms with van der Waals surface area (Å²) in [5, 5.41) is 0. The van der Waals surface area contributed by atoms with E-state index < -0.39 is 10.8 Å². The van der Waals surface area contributed by atoms with Crippen LogP contribution >= 0.6 is 15.9 Å². The van der Waals surface area contributed by atoms with Gasteiger partial charge in [0.1, 0.15) is 5.75 Å². The number of halogens is 1. The van der Waals surface area contributed by atoms with Crippen molar-refractivity contribution in [3.8, 4) is 5.75 Å². The van der Waals surface area contributed by atoms with E-state index in [0.29, 0.717) is 11.7 Å². The van der Waals surface area contributed by atoms with Crippen molar-refractivity contribution in [1.29, 1.82) is 0 Å². The minimum atomic E-state index is -0.803. The fraction of sp³-hybridized carbons (Fsp3) is 0.571. The average molecular weight is 347 g/mol. The van der Waals surface area contributed by atoms with Gasteiger partial charge in [0.25, 0.3) is 0 Å². The monoisotopic (exact) mass is 346 g/mol. The largest absolute Gasteiger partial charge is 0.496 e. The topological polar surface area (TPSA) is 35.5 Å². The molecular weight excluding hydrogens is 328 g/mol. The third-order valence-corrected chi connectivity index (χ3v) is 5.42. The van der Waals surface area contributed by atoms with Crippen molar-refractivity contribution in [3.63, 3.8) is 0 Å². The Morgan fingerprint density at radius 1 is 1.42 bits per heavy atom. The lowest BCUT2D eigenvalue weighted by Gasteiger charge is -2.21. The smallest absolute Gasteiger partial charge is 0.133 e. The van der Waals surface area contributed by atoms with Gasteiger partial charge >= 0.3 is 0 Å². The highest BCUT2D eigenvalue weighted by Gasteiger charge is 2.17. The third-order valence-electron chi connectivity index (χ3n) is 3.31. The summed E-state index contributed by atoms with van der Waals surface area (Å²) in [6, 6.07) is 5.87. The van der Waals surface area contributed by atoms with Gasteiger partial charge in [-0.25, -0.2) is 0 Å². The molecule has 106 valence electrons. The first-order chi connectivity index (χ1) is 9.19. The number of rotatable bonds is 5. The van der Waals surface area contributed by atoms with E-state index in [9.17, 15) is 4.21 Å². The molecule has 0 radical (unpaired) electrons. The van der Waals surface area contributed by atoms with Gasteiger partial charge in [-0.2, -0.15) is 0 Å². The molecule has 0 spiro atoms. The molecule has 1 aliphatic heterocycles. The predicted molar refractivity (Wildman–Crippen MR) is 81.0 cm³/mol. The molecule has 2 rings (SSSR count). The molecule has 0 aliphatic carbocycles. The molecule has 1 aromatic carbocycles. The summed E-state index contributed by atoms with van der Waals surface area (Å²) >= 11 is 3.46. The molecule has 3 nitrogen and oxygen atoms in total. The van der Waals surface area contributed by atoms with E-state index >= 15 is 0 Å². The zero-order valence-electron chi connectivity index (χ0n) is 11.1. The predicted octanol–water partition coefficient (Wildman–Crippen LogP) is 3.13. The Bertz CT molecular complexity index is 444. The quantitative estimate of drug-likeness (QED) is 0.821. The van der Waals surface area contributed by atoms with Gasteiger partial charge in [0, 0.05) is 35.5 Å². The minimum Gasteiger partial charge on any atom is -0.496 e. The molecule has 0 N–H and O–H groups in total. The molecular formula is C14H19BrO3S. The maximum absolute atomic E-state index is 12.2. The van der Waals surface area contributed by atoms with Crippen LogP contribution in [0.25, 0.3) is 0 Å². The van der Waals surface area contributed by atoms with E-state index in [4.69, 9.17) is 9.47 Å². The highest BCUT2D eigenvalue weighted by atomic mass is 79.9. The van der Waals surface area contributed by atoms with E-state index in [2.05, 4.69) is 15.9 Å². The van der Waals surface area contributed by atoms with Crippen LogP contribution in [-0.4, -0.2) is 30.3 Å². The molecule has 1 aliphatic rings. The van der Waals surface area contributed by atoms with Crippen molar-refractivity contribution < 1.29 is 13.7 Å². The fourth-order valence-corrected chi connectivity index (χ4v) is 4.34. The Hall–Kier alpha value is -0.390. The molecule has 0 amide bonds. The number of methoxy groups -OCH3 is 1. The molecule has 1 heterocycles. The molecule has 5 heteroatoms. The first kappa shape index (κ1) is 15.0. The van der Waals surface area contributed by atoms with Crippen LogP contribution in [0.4, 0.5) is 0 Å². The second-order valence-corrected chi connectivity index (χ2v) is 7.13. The van der Waals surface area contributed by atoms with Crippen LogP contribution in [0.1, 0.15) is 18.4 Å². The Morgan fingerprint density at radius 2 is 2.16 bits per heavy atom. The van der Waals surface area contributed by atoms with Gasteiger partial charge in [0.2, 0.25) is 0 Å². The van der Waals surface area contributed by atoms with Crippen LogP contribution in [-0.2, 0) is 21.3 Å². The Kier molecular flexibility index (Phi) is 5.85. The second kappa shape index (κ2) is 7.41. The van der Waals surface area contributed by atoms with Crippen LogP contribution in [0, 0.1) is 5.92 Å². The van der Waals surface area contributed by atoms with Crippen molar-refractivity contribution in [2.75, 3.05) is 26.1 Å². The molecule has 19 heavy (non-hydrogen) atoms.